The molecular formula is C12H14N4S2. The van der Waals surface area contributed by atoms with E-state index in [4.69, 9.17) is 11.5 Å². The van der Waals surface area contributed by atoms with Crippen LogP contribution < -0.4 is 11.5 Å². The first kappa shape index (κ1) is 13.0. The standard InChI is InChI=1S/C12H14N4S2/c13-9-1-3-11(15-7-9)17-5-6-18-12-4-2-10(14)8-16-12/h1-4,7-8H,5-6,13-14H2. The van der Waals surface area contributed by atoms with Crippen molar-refractivity contribution in [3.63, 3.8) is 0 Å². The van der Waals surface area contributed by atoms with Crippen molar-refractivity contribution in [2.24, 2.45) is 0 Å². The quantitative estimate of drug-likeness (QED) is 0.646. The molecule has 94 valence electrons. The number of aromatic nitrogens is 2. The van der Waals surface area contributed by atoms with E-state index in [2.05, 4.69) is 9.97 Å². The number of rotatable bonds is 5. The van der Waals surface area contributed by atoms with Crippen molar-refractivity contribution < 1.29 is 0 Å². The van der Waals surface area contributed by atoms with E-state index in [0.717, 1.165) is 21.6 Å². The zero-order valence-electron chi connectivity index (χ0n) is 9.74. The summed E-state index contributed by atoms with van der Waals surface area (Å²) in [5, 5.41) is 1.99. The van der Waals surface area contributed by atoms with Crippen LogP contribution in [0.15, 0.2) is 46.7 Å². The molecule has 0 aliphatic carbocycles. The highest BCUT2D eigenvalue weighted by molar-refractivity contribution is 8.02. The summed E-state index contributed by atoms with van der Waals surface area (Å²) in [7, 11) is 0. The Morgan fingerprint density at radius 3 is 1.56 bits per heavy atom. The van der Waals surface area contributed by atoms with Crippen molar-refractivity contribution in [3.8, 4) is 0 Å². The third kappa shape index (κ3) is 4.12. The molecule has 4 nitrogen and oxygen atoms in total. The van der Waals surface area contributed by atoms with Gasteiger partial charge in [-0.2, -0.15) is 0 Å². The molecule has 0 saturated heterocycles. The number of hydrogen-bond acceptors (Lipinski definition) is 6. The predicted molar refractivity (Wildman–Crippen MR) is 78.7 cm³/mol. The lowest BCUT2D eigenvalue weighted by atomic mass is 10.4. The topological polar surface area (TPSA) is 77.8 Å². The lowest BCUT2D eigenvalue weighted by Crippen LogP contribution is -1.90. The number of nitrogen functional groups attached to an aromatic ring is 2. The minimum absolute atomic E-state index is 0.694. The maximum Gasteiger partial charge on any atom is 0.0961 e. The fourth-order valence-electron chi connectivity index (χ4n) is 1.25. The minimum Gasteiger partial charge on any atom is -0.397 e. The molecule has 2 aromatic heterocycles. The number of hydrogen-bond donors (Lipinski definition) is 2. The molecule has 0 fully saturated rings. The first-order chi connectivity index (χ1) is 8.74. The summed E-state index contributed by atoms with van der Waals surface area (Å²) in [6, 6.07) is 7.60. The zero-order chi connectivity index (χ0) is 12.8. The first-order valence-electron chi connectivity index (χ1n) is 5.43. The van der Waals surface area contributed by atoms with Crippen LogP contribution in [0.4, 0.5) is 11.4 Å². The summed E-state index contributed by atoms with van der Waals surface area (Å²) in [5.74, 6) is 1.96. The van der Waals surface area contributed by atoms with E-state index >= 15 is 0 Å². The van der Waals surface area contributed by atoms with Crippen LogP contribution in [-0.2, 0) is 0 Å². The molecule has 2 rings (SSSR count). The van der Waals surface area contributed by atoms with E-state index in [-0.39, 0.29) is 0 Å². The average molecular weight is 278 g/mol. The second-order valence-corrected chi connectivity index (χ2v) is 5.79. The van der Waals surface area contributed by atoms with Crippen LogP contribution in [0, 0.1) is 0 Å². The maximum atomic E-state index is 5.58. The molecule has 0 amide bonds. The molecule has 0 aromatic carbocycles. The molecule has 4 N–H and O–H groups in total. The highest BCUT2D eigenvalue weighted by Crippen LogP contribution is 2.21. The Morgan fingerprint density at radius 2 is 1.22 bits per heavy atom. The van der Waals surface area contributed by atoms with Gasteiger partial charge in [0.2, 0.25) is 0 Å². The normalized spacial score (nSPS) is 10.4. The fourth-order valence-corrected chi connectivity index (χ4v) is 2.91. The van der Waals surface area contributed by atoms with Gasteiger partial charge >= 0.3 is 0 Å². The molecule has 0 saturated carbocycles. The number of anilines is 2. The lowest BCUT2D eigenvalue weighted by Gasteiger charge is -2.02. The summed E-state index contributed by atoms with van der Waals surface area (Å²) in [6.45, 7) is 0. The van der Waals surface area contributed by atoms with Gasteiger partial charge in [0.15, 0.2) is 0 Å². The van der Waals surface area contributed by atoms with Crippen LogP contribution in [0.3, 0.4) is 0 Å². The number of nitrogens with two attached hydrogens (primary N) is 2. The molecule has 0 atom stereocenters. The van der Waals surface area contributed by atoms with Gasteiger partial charge in [0.25, 0.3) is 0 Å². The first-order valence-corrected chi connectivity index (χ1v) is 7.40. The van der Waals surface area contributed by atoms with Gasteiger partial charge in [-0.25, -0.2) is 9.97 Å². The molecule has 0 radical (unpaired) electrons. The van der Waals surface area contributed by atoms with Gasteiger partial charge in [0.05, 0.1) is 33.8 Å². The summed E-state index contributed by atoms with van der Waals surface area (Å²) in [4.78, 5) is 8.46. The Bertz CT molecular complexity index is 437. The smallest absolute Gasteiger partial charge is 0.0961 e. The largest absolute Gasteiger partial charge is 0.397 e. The SMILES string of the molecule is Nc1ccc(SCCSc2ccc(N)cn2)nc1. The van der Waals surface area contributed by atoms with E-state index in [0.29, 0.717) is 11.4 Å². The Morgan fingerprint density at radius 1 is 0.778 bits per heavy atom. The average Bonchev–Trinajstić information content (AvgIpc) is 2.39. The summed E-state index contributed by atoms with van der Waals surface area (Å²) >= 11 is 3.42. The van der Waals surface area contributed by atoms with E-state index in [1.54, 1.807) is 35.9 Å². The second kappa shape index (κ2) is 6.51. The molecule has 0 unspecified atom stereocenters. The van der Waals surface area contributed by atoms with E-state index in [1.807, 2.05) is 24.3 Å². The minimum atomic E-state index is 0.694. The molecule has 2 heterocycles. The number of thioether (sulfide) groups is 2. The van der Waals surface area contributed by atoms with Gasteiger partial charge < -0.3 is 11.5 Å². The highest BCUT2D eigenvalue weighted by Gasteiger charge is 1.98. The maximum absolute atomic E-state index is 5.58. The number of nitrogens with zero attached hydrogens (tertiary/aromatic N) is 2. The molecule has 0 aliphatic heterocycles. The van der Waals surface area contributed by atoms with Crippen LogP contribution in [-0.4, -0.2) is 21.5 Å². The van der Waals surface area contributed by atoms with E-state index in [1.165, 1.54) is 0 Å². The van der Waals surface area contributed by atoms with Crippen LogP contribution in [0.2, 0.25) is 0 Å². The van der Waals surface area contributed by atoms with Crippen LogP contribution >= 0.6 is 23.5 Å². The van der Waals surface area contributed by atoms with Crippen molar-refractivity contribution in [1.29, 1.82) is 0 Å². The molecule has 18 heavy (non-hydrogen) atoms. The second-order valence-electron chi connectivity index (χ2n) is 3.56. The van der Waals surface area contributed by atoms with Gasteiger partial charge in [0.1, 0.15) is 0 Å². The third-order valence-electron chi connectivity index (χ3n) is 2.10. The predicted octanol–water partition coefficient (Wildman–Crippen LogP) is 2.53. The summed E-state index contributed by atoms with van der Waals surface area (Å²) in [6.07, 6.45) is 3.36. The fraction of sp³-hybridized carbons (Fsp3) is 0.167. The van der Waals surface area contributed by atoms with Crippen LogP contribution in [0.1, 0.15) is 0 Å². The molecule has 0 spiro atoms. The summed E-state index contributed by atoms with van der Waals surface area (Å²) < 4.78 is 0. The Kier molecular flexibility index (Phi) is 4.72. The Labute approximate surface area is 115 Å². The van der Waals surface area contributed by atoms with Gasteiger partial charge in [0, 0.05) is 11.5 Å². The molecule has 2 aromatic rings. The van der Waals surface area contributed by atoms with Gasteiger partial charge in [-0.1, -0.05) is 0 Å². The van der Waals surface area contributed by atoms with Crippen molar-refractivity contribution in [1.82, 2.24) is 9.97 Å². The van der Waals surface area contributed by atoms with Crippen LogP contribution in [0.5, 0.6) is 0 Å². The van der Waals surface area contributed by atoms with E-state index in [9.17, 15) is 0 Å². The molecular weight excluding hydrogens is 264 g/mol. The molecule has 6 heteroatoms. The Hall–Kier alpha value is -1.40. The summed E-state index contributed by atoms with van der Waals surface area (Å²) in [5.41, 5.74) is 12.5. The lowest BCUT2D eigenvalue weighted by molar-refractivity contribution is 1.13. The van der Waals surface area contributed by atoms with Gasteiger partial charge in [-0.3, -0.25) is 0 Å². The van der Waals surface area contributed by atoms with Crippen molar-refractivity contribution in [2.75, 3.05) is 23.0 Å². The highest BCUT2D eigenvalue weighted by atomic mass is 32.2. The molecule has 0 aliphatic rings. The monoisotopic (exact) mass is 278 g/mol. The Balaban J connectivity index is 1.73. The third-order valence-corrected chi connectivity index (χ3v) is 4.25. The van der Waals surface area contributed by atoms with Crippen LogP contribution in [0.25, 0.3) is 0 Å². The molecule has 0 bridgehead atoms. The van der Waals surface area contributed by atoms with Crippen molar-refractivity contribution in [2.45, 2.75) is 10.1 Å². The van der Waals surface area contributed by atoms with E-state index < -0.39 is 0 Å². The van der Waals surface area contributed by atoms with Gasteiger partial charge in [-0.15, -0.1) is 23.5 Å². The zero-order valence-corrected chi connectivity index (χ0v) is 11.4. The van der Waals surface area contributed by atoms with Crippen molar-refractivity contribution in [3.05, 3.63) is 36.7 Å². The van der Waals surface area contributed by atoms with Crippen molar-refractivity contribution >= 4 is 34.9 Å². The van der Waals surface area contributed by atoms with Gasteiger partial charge in [-0.05, 0) is 24.3 Å². The number of pyridine rings is 2.